The molecule has 0 radical (unpaired) electrons. The first-order valence-electron chi connectivity index (χ1n) is 11.6. The number of rotatable bonds is 11. The number of ether oxygens (including phenoxy) is 1. The van der Waals surface area contributed by atoms with E-state index in [4.69, 9.17) is 9.84 Å². The Balaban J connectivity index is 1.71. The Morgan fingerprint density at radius 2 is 1.89 bits per heavy atom. The number of nitrogens with one attached hydrogen (secondary N) is 1. The molecule has 0 unspecified atom stereocenters. The van der Waals surface area contributed by atoms with E-state index in [9.17, 15) is 18.4 Å². The van der Waals surface area contributed by atoms with E-state index < -0.39 is 34.9 Å². The molecule has 0 aliphatic rings. The Bertz CT molecular complexity index is 1300. The van der Waals surface area contributed by atoms with Gasteiger partial charge in [-0.15, -0.1) is 11.3 Å². The third-order valence-electron chi connectivity index (χ3n) is 5.45. The molecular weight excluding hydrogens is 505 g/mol. The zero-order valence-corrected chi connectivity index (χ0v) is 21.4. The summed E-state index contributed by atoms with van der Waals surface area (Å²) in [5, 5.41) is 13.0. The van der Waals surface area contributed by atoms with Gasteiger partial charge in [0.1, 0.15) is 17.5 Å². The summed E-state index contributed by atoms with van der Waals surface area (Å²) < 4.78 is 49.4. The molecule has 0 atom stereocenters. The molecule has 0 saturated carbocycles. The van der Waals surface area contributed by atoms with Crippen LogP contribution in [-0.4, -0.2) is 28.6 Å². The van der Waals surface area contributed by atoms with Crippen LogP contribution in [0.5, 0.6) is 0 Å². The number of aromatic nitrogens is 1. The van der Waals surface area contributed by atoms with Gasteiger partial charge in [0.2, 0.25) is 0 Å². The quantitative estimate of drug-likeness (QED) is 0.207. The molecule has 3 aromatic rings. The van der Waals surface area contributed by atoms with Crippen molar-refractivity contribution in [3.05, 3.63) is 75.4 Å². The van der Waals surface area contributed by atoms with Gasteiger partial charge < -0.3 is 9.84 Å². The molecule has 0 aliphatic carbocycles. The minimum Gasteiger partial charge on any atom is -0.478 e. The lowest BCUT2D eigenvalue weighted by molar-refractivity contribution is -0.132. The van der Waals surface area contributed by atoms with E-state index in [0.29, 0.717) is 23.8 Å². The van der Waals surface area contributed by atoms with Gasteiger partial charge in [0.05, 0.1) is 12.3 Å². The van der Waals surface area contributed by atoms with Crippen molar-refractivity contribution in [3.8, 4) is 11.3 Å². The number of anilines is 1. The first-order valence-corrected chi connectivity index (χ1v) is 12.5. The van der Waals surface area contributed by atoms with E-state index >= 15 is 4.39 Å². The highest BCUT2D eigenvalue weighted by Gasteiger charge is 2.18. The van der Waals surface area contributed by atoms with Crippen LogP contribution in [0.2, 0.25) is 0 Å². The number of thiazole rings is 1. The highest BCUT2D eigenvalue weighted by molar-refractivity contribution is 7.14. The third kappa shape index (κ3) is 7.50. The number of benzene rings is 2. The van der Waals surface area contributed by atoms with Crippen molar-refractivity contribution in [2.75, 3.05) is 11.9 Å². The number of carboxylic acid groups (broad SMARTS) is 1. The van der Waals surface area contributed by atoms with Crippen LogP contribution in [0.3, 0.4) is 0 Å². The Hall–Kier alpha value is -3.50. The van der Waals surface area contributed by atoms with E-state index in [1.54, 1.807) is 23.6 Å². The molecule has 1 aromatic heterocycles. The number of carbonyl (C=O) groups is 2. The van der Waals surface area contributed by atoms with Gasteiger partial charge in [-0.05, 0) is 50.0 Å². The second-order valence-corrected chi connectivity index (χ2v) is 9.70. The molecule has 10 heteroatoms. The highest BCUT2D eigenvalue weighted by Crippen LogP contribution is 2.29. The lowest BCUT2D eigenvalue weighted by Gasteiger charge is -2.09. The molecule has 6 nitrogen and oxygen atoms in total. The summed E-state index contributed by atoms with van der Waals surface area (Å²) in [6, 6.07) is 6.50. The van der Waals surface area contributed by atoms with E-state index in [-0.39, 0.29) is 28.4 Å². The Kier molecular flexibility index (Phi) is 9.60. The summed E-state index contributed by atoms with van der Waals surface area (Å²) in [5.74, 6) is -4.22. The number of aliphatic carboxylic acids is 1. The van der Waals surface area contributed by atoms with Crippen molar-refractivity contribution in [3.63, 3.8) is 0 Å². The van der Waals surface area contributed by atoms with Gasteiger partial charge in [0, 0.05) is 39.8 Å². The maximum Gasteiger partial charge on any atom is 0.331 e. The molecule has 0 bridgehead atoms. The second kappa shape index (κ2) is 12.6. The van der Waals surface area contributed by atoms with Crippen LogP contribution in [0.25, 0.3) is 17.3 Å². The first kappa shape index (κ1) is 28.1. The van der Waals surface area contributed by atoms with Crippen LogP contribution >= 0.6 is 11.3 Å². The van der Waals surface area contributed by atoms with Gasteiger partial charge in [0.25, 0.3) is 5.91 Å². The molecular formula is C27H27F3N2O4S. The van der Waals surface area contributed by atoms with Gasteiger partial charge in [0.15, 0.2) is 5.13 Å². The molecule has 37 heavy (non-hydrogen) atoms. The second-order valence-electron chi connectivity index (χ2n) is 8.85. The van der Waals surface area contributed by atoms with Crippen molar-refractivity contribution in [2.45, 2.75) is 40.2 Å². The Labute approximate surface area is 216 Å². The average Bonchev–Trinajstić information content (AvgIpc) is 3.29. The van der Waals surface area contributed by atoms with Crippen LogP contribution in [0.4, 0.5) is 18.3 Å². The molecule has 0 spiro atoms. The van der Waals surface area contributed by atoms with Crippen LogP contribution in [-0.2, 0) is 16.1 Å². The number of carboxylic acids is 1. The molecule has 2 aromatic carbocycles. The summed E-state index contributed by atoms with van der Waals surface area (Å²) >= 11 is 1.03. The fourth-order valence-corrected chi connectivity index (χ4v) is 4.13. The minimum absolute atomic E-state index is 0.112. The Morgan fingerprint density at radius 3 is 2.54 bits per heavy atom. The van der Waals surface area contributed by atoms with E-state index in [0.717, 1.165) is 42.4 Å². The first-order chi connectivity index (χ1) is 17.6. The fourth-order valence-electron chi connectivity index (χ4n) is 3.42. The van der Waals surface area contributed by atoms with Crippen molar-refractivity contribution >= 4 is 34.4 Å². The molecule has 0 aliphatic heterocycles. The highest BCUT2D eigenvalue weighted by atomic mass is 32.1. The van der Waals surface area contributed by atoms with Crippen molar-refractivity contribution < 1.29 is 32.6 Å². The predicted molar refractivity (Wildman–Crippen MR) is 137 cm³/mol. The number of amides is 1. The molecule has 1 heterocycles. The smallest absolute Gasteiger partial charge is 0.331 e. The number of hydrogen-bond acceptors (Lipinski definition) is 5. The largest absolute Gasteiger partial charge is 0.478 e. The summed E-state index contributed by atoms with van der Waals surface area (Å²) in [4.78, 5) is 27.7. The van der Waals surface area contributed by atoms with Gasteiger partial charge >= 0.3 is 5.97 Å². The summed E-state index contributed by atoms with van der Waals surface area (Å²) in [7, 11) is 0. The van der Waals surface area contributed by atoms with Crippen LogP contribution < -0.4 is 5.32 Å². The zero-order valence-electron chi connectivity index (χ0n) is 20.6. The monoisotopic (exact) mass is 532 g/mol. The van der Waals surface area contributed by atoms with Gasteiger partial charge in [-0.1, -0.05) is 26.0 Å². The molecule has 3 rings (SSSR count). The maximum absolute atomic E-state index is 15.1. The standard InChI is InChI=1S/C27H27F3N2O4S/c1-15(2)6-5-9-36-13-17-7-4-8-19(24(17)30)23-14-37-27(31-23)32-25(33)18-11-21(28)20(22(29)12-18)10-16(3)26(34)35/h4,7-8,10-12,14-15H,5-6,9,13H2,1-3H3,(H,34,35)(H,31,32,33)/b16-10+. The average molecular weight is 533 g/mol. The van der Waals surface area contributed by atoms with Crippen LogP contribution in [0, 0.1) is 23.4 Å². The van der Waals surface area contributed by atoms with Crippen LogP contribution in [0.1, 0.15) is 55.1 Å². The normalized spacial score (nSPS) is 11.7. The lowest BCUT2D eigenvalue weighted by Crippen LogP contribution is -2.13. The molecule has 2 N–H and O–H groups in total. The summed E-state index contributed by atoms with van der Waals surface area (Å²) in [6.07, 6.45) is 2.77. The number of halogens is 3. The van der Waals surface area contributed by atoms with Crippen molar-refractivity contribution in [1.29, 1.82) is 0 Å². The SMILES string of the molecule is C/C(=C\c1c(F)cc(C(=O)Nc2nc(-c3cccc(COCCCC(C)C)c3F)cs2)cc1F)C(=O)O. The van der Waals surface area contributed by atoms with Gasteiger partial charge in [-0.25, -0.2) is 22.9 Å². The van der Waals surface area contributed by atoms with Crippen molar-refractivity contribution in [1.82, 2.24) is 4.98 Å². The van der Waals surface area contributed by atoms with E-state index in [1.807, 2.05) is 0 Å². The van der Waals surface area contributed by atoms with E-state index in [2.05, 4.69) is 24.1 Å². The van der Waals surface area contributed by atoms with Gasteiger partial charge in [-0.3, -0.25) is 10.1 Å². The maximum atomic E-state index is 15.1. The molecule has 0 saturated heterocycles. The summed E-state index contributed by atoms with van der Waals surface area (Å²) in [6.45, 7) is 6.11. The van der Waals surface area contributed by atoms with Crippen molar-refractivity contribution in [2.24, 2.45) is 5.92 Å². The number of hydrogen-bond donors (Lipinski definition) is 2. The predicted octanol–water partition coefficient (Wildman–Crippen LogP) is 6.92. The third-order valence-corrected chi connectivity index (χ3v) is 6.20. The Morgan fingerprint density at radius 1 is 1.19 bits per heavy atom. The molecule has 1 amide bonds. The lowest BCUT2D eigenvalue weighted by atomic mass is 10.1. The fraction of sp³-hybridized carbons (Fsp3) is 0.296. The van der Waals surface area contributed by atoms with Gasteiger partial charge in [-0.2, -0.15) is 0 Å². The van der Waals surface area contributed by atoms with Crippen LogP contribution in [0.15, 0.2) is 41.3 Å². The molecule has 196 valence electrons. The topological polar surface area (TPSA) is 88.5 Å². The number of carbonyl (C=O) groups excluding carboxylic acids is 1. The van der Waals surface area contributed by atoms with E-state index in [1.165, 1.54) is 6.92 Å². The zero-order chi connectivity index (χ0) is 27.1. The number of nitrogens with zero attached hydrogens (tertiary/aromatic N) is 1. The summed E-state index contributed by atoms with van der Waals surface area (Å²) in [5.41, 5.74) is -0.228. The minimum atomic E-state index is -1.32. The molecule has 0 fully saturated rings.